The van der Waals surface area contributed by atoms with Gasteiger partial charge in [0.1, 0.15) is 0 Å². The maximum atomic E-state index is 10.7. The molecular formula is C12H15Cl2NO2. The Labute approximate surface area is 111 Å². The second kappa shape index (κ2) is 6.84. The summed E-state index contributed by atoms with van der Waals surface area (Å²) in [6.45, 7) is 3.16. The highest BCUT2D eigenvalue weighted by Gasteiger charge is 2.13. The minimum absolute atomic E-state index is 0.00457. The Kier molecular flexibility index (Phi) is 5.75. The summed E-state index contributed by atoms with van der Waals surface area (Å²) in [4.78, 5) is 12.6. The average Bonchev–Trinajstić information content (AvgIpc) is 2.23. The van der Waals surface area contributed by atoms with Crippen LogP contribution in [0.4, 0.5) is 0 Å². The van der Waals surface area contributed by atoms with Crippen LogP contribution in [0.3, 0.4) is 0 Å². The number of hydrogen-bond acceptors (Lipinski definition) is 2. The molecule has 0 atom stereocenters. The van der Waals surface area contributed by atoms with Crippen LogP contribution >= 0.6 is 23.2 Å². The third kappa shape index (κ3) is 4.54. The van der Waals surface area contributed by atoms with Crippen molar-refractivity contribution in [3.63, 3.8) is 0 Å². The van der Waals surface area contributed by atoms with E-state index >= 15 is 0 Å². The molecule has 0 aliphatic heterocycles. The molecule has 94 valence electrons. The van der Waals surface area contributed by atoms with Gasteiger partial charge in [-0.15, -0.1) is 0 Å². The first-order valence-corrected chi connectivity index (χ1v) is 6.17. The average molecular weight is 276 g/mol. The van der Waals surface area contributed by atoms with Gasteiger partial charge in [0.15, 0.2) is 0 Å². The summed E-state index contributed by atoms with van der Waals surface area (Å²) < 4.78 is 0. The van der Waals surface area contributed by atoms with Crippen molar-refractivity contribution in [2.45, 2.75) is 19.9 Å². The third-order valence-electron chi connectivity index (χ3n) is 2.34. The fourth-order valence-electron chi connectivity index (χ4n) is 1.63. The van der Waals surface area contributed by atoms with E-state index < -0.39 is 5.97 Å². The first kappa shape index (κ1) is 14.3. The van der Waals surface area contributed by atoms with Crippen LogP contribution in [0.1, 0.15) is 18.9 Å². The van der Waals surface area contributed by atoms with Gasteiger partial charge in [0.05, 0.1) is 6.54 Å². The number of aliphatic carboxylic acids is 1. The number of carbonyl (C=O) groups is 1. The standard InChI is InChI=1S/C12H15Cl2NO2/c1-2-6-15(8-12(16)17)7-9-10(13)4-3-5-11(9)14/h3-5H,2,6-8H2,1H3,(H,16,17). The molecule has 0 aliphatic carbocycles. The highest BCUT2D eigenvalue weighted by atomic mass is 35.5. The lowest BCUT2D eigenvalue weighted by molar-refractivity contribution is -0.138. The number of rotatable bonds is 6. The first-order valence-electron chi connectivity index (χ1n) is 5.41. The van der Waals surface area contributed by atoms with Crippen LogP contribution in [0.5, 0.6) is 0 Å². The summed E-state index contributed by atoms with van der Waals surface area (Å²) in [5, 5.41) is 9.97. The Bertz CT molecular complexity index is 376. The molecule has 0 saturated carbocycles. The molecule has 0 aliphatic rings. The van der Waals surface area contributed by atoms with Crippen molar-refractivity contribution < 1.29 is 9.90 Å². The second-order valence-electron chi connectivity index (χ2n) is 3.80. The molecule has 0 fully saturated rings. The van der Waals surface area contributed by atoms with Crippen molar-refractivity contribution >= 4 is 29.2 Å². The Morgan fingerprint density at radius 2 is 1.94 bits per heavy atom. The molecule has 5 heteroatoms. The summed E-state index contributed by atoms with van der Waals surface area (Å²) in [6, 6.07) is 5.29. The van der Waals surface area contributed by atoms with Gasteiger partial charge in [-0.2, -0.15) is 0 Å². The van der Waals surface area contributed by atoms with E-state index in [0.717, 1.165) is 12.0 Å². The number of carboxylic acid groups (broad SMARTS) is 1. The van der Waals surface area contributed by atoms with Crippen molar-refractivity contribution in [2.24, 2.45) is 0 Å². The second-order valence-corrected chi connectivity index (χ2v) is 4.62. The fraction of sp³-hybridized carbons (Fsp3) is 0.417. The lowest BCUT2D eigenvalue weighted by Crippen LogP contribution is -2.30. The Balaban J connectivity index is 2.81. The minimum atomic E-state index is -0.846. The fourth-order valence-corrected chi connectivity index (χ4v) is 2.15. The molecule has 1 rings (SSSR count). The molecule has 0 heterocycles. The Morgan fingerprint density at radius 1 is 1.35 bits per heavy atom. The van der Waals surface area contributed by atoms with Crippen LogP contribution in [-0.2, 0) is 11.3 Å². The smallest absolute Gasteiger partial charge is 0.317 e. The van der Waals surface area contributed by atoms with Gasteiger partial charge in [-0.3, -0.25) is 9.69 Å². The maximum absolute atomic E-state index is 10.7. The monoisotopic (exact) mass is 275 g/mol. The minimum Gasteiger partial charge on any atom is -0.480 e. The van der Waals surface area contributed by atoms with Gasteiger partial charge in [0.2, 0.25) is 0 Å². The van der Waals surface area contributed by atoms with Gasteiger partial charge in [0.25, 0.3) is 0 Å². The molecule has 1 N–H and O–H groups in total. The summed E-state index contributed by atoms with van der Waals surface area (Å²) in [7, 11) is 0. The molecule has 0 amide bonds. The van der Waals surface area contributed by atoms with E-state index in [1.807, 2.05) is 11.8 Å². The van der Waals surface area contributed by atoms with Crippen LogP contribution in [-0.4, -0.2) is 29.1 Å². The van der Waals surface area contributed by atoms with E-state index in [0.29, 0.717) is 23.1 Å². The van der Waals surface area contributed by atoms with Gasteiger partial charge in [0, 0.05) is 22.2 Å². The van der Waals surface area contributed by atoms with Crippen molar-refractivity contribution in [3.05, 3.63) is 33.8 Å². The van der Waals surface area contributed by atoms with Crippen molar-refractivity contribution in [1.82, 2.24) is 4.90 Å². The van der Waals surface area contributed by atoms with Gasteiger partial charge < -0.3 is 5.11 Å². The number of halogens is 2. The topological polar surface area (TPSA) is 40.5 Å². The molecule has 1 aromatic rings. The van der Waals surface area contributed by atoms with E-state index in [-0.39, 0.29) is 6.54 Å². The van der Waals surface area contributed by atoms with E-state index in [9.17, 15) is 4.79 Å². The molecule has 17 heavy (non-hydrogen) atoms. The summed E-state index contributed by atoms with van der Waals surface area (Å²) in [5.74, 6) is -0.846. The summed E-state index contributed by atoms with van der Waals surface area (Å²) in [6.07, 6.45) is 0.884. The number of benzene rings is 1. The van der Waals surface area contributed by atoms with Crippen molar-refractivity contribution in [2.75, 3.05) is 13.1 Å². The van der Waals surface area contributed by atoms with Crippen LogP contribution in [0.15, 0.2) is 18.2 Å². The van der Waals surface area contributed by atoms with Crippen molar-refractivity contribution in [3.8, 4) is 0 Å². The highest BCUT2D eigenvalue weighted by Crippen LogP contribution is 2.25. The molecule has 0 aromatic heterocycles. The van der Waals surface area contributed by atoms with E-state index in [1.54, 1.807) is 18.2 Å². The molecule has 1 aromatic carbocycles. The van der Waals surface area contributed by atoms with E-state index in [4.69, 9.17) is 28.3 Å². The summed E-state index contributed by atoms with van der Waals surface area (Å²) >= 11 is 12.1. The highest BCUT2D eigenvalue weighted by molar-refractivity contribution is 6.35. The van der Waals surface area contributed by atoms with Gasteiger partial charge >= 0.3 is 5.97 Å². The van der Waals surface area contributed by atoms with Crippen LogP contribution < -0.4 is 0 Å². The van der Waals surface area contributed by atoms with E-state index in [2.05, 4.69) is 0 Å². The number of hydrogen-bond donors (Lipinski definition) is 1. The largest absolute Gasteiger partial charge is 0.480 e. The van der Waals surface area contributed by atoms with Crippen LogP contribution in [0, 0.1) is 0 Å². The molecule has 0 radical (unpaired) electrons. The zero-order valence-electron chi connectivity index (χ0n) is 9.62. The molecule has 0 saturated heterocycles. The Morgan fingerprint density at radius 3 is 2.41 bits per heavy atom. The van der Waals surface area contributed by atoms with E-state index in [1.165, 1.54) is 0 Å². The van der Waals surface area contributed by atoms with Crippen LogP contribution in [0.25, 0.3) is 0 Å². The predicted molar refractivity (Wildman–Crippen MR) is 69.7 cm³/mol. The predicted octanol–water partition coefficient (Wildman–Crippen LogP) is 3.29. The van der Waals surface area contributed by atoms with Crippen molar-refractivity contribution in [1.29, 1.82) is 0 Å². The normalized spacial score (nSPS) is 10.8. The SMILES string of the molecule is CCCN(CC(=O)O)Cc1c(Cl)cccc1Cl. The maximum Gasteiger partial charge on any atom is 0.317 e. The summed E-state index contributed by atoms with van der Waals surface area (Å²) in [5.41, 5.74) is 0.783. The first-order chi connectivity index (χ1) is 8.04. The molecule has 0 bridgehead atoms. The van der Waals surface area contributed by atoms with Gasteiger partial charge in [-0.1, -0.05) is 36.2 Å². The third-order valence-corrected chi connectivity index (χ3v) is 3.05. The zero-order chi connectivity index (χ0) is 12.8. The Hall–Kier alpha value is -0.770. The van der Waals surface area contributed by atoms with Gasteiger partial charge in [-0.25, -0.2) is 0 Å². The lowest BCUT2D eigenvalue weighted by atomic mass is 10.2. The molecule has 0 unspecified atom stereocenters. The lowest BCUT2D eigenvalue weighted by Gasteiger charge is -2.20. The van der Waals surface area contributed by atoms with Crippen LogP contribution in [0.2, 0.25) is 10.0 Å². The zero-order valence-corrected chi connectivity index (χ0v) is 11.1. The van der Waals surface area contributed by atoms with Gasteiger partial charge in [-0.05, 0) is 25.1 Å². The molecular weight excluding hydrogens is 261 g/mol. The molecule has 0 spiro atoms. The number of carboxylic acids is 1. The number of nitrogens with zero attached hydrogens (tertiary/aromatic N) is 1. The quantitative estimate of drug-likeness (QED) is 0.866. The molecule has 3 nitrogen and oxygen atoms in total.